The fourth-order valence-electron chi connectivity index (χ4n) is 4.32. The van der Waals surface area contributed by atoms with Crippen molar-refractivity contribution in [1.29, 1.82) is 0 Å². The van der Waals surface area contributed by atoms with E-state index in [1.807, 2.05) is 0 Å². The zero-order valence-electron chi connectivity index (χ0n) is 26.4. The van der Waals surface area contributed by atoms with Crippen molar-refractivity contribution in [1.82, 2.24) is 0 Å². The molecule has 7 heteroatoms. The summed E-state index contributed by atoms with van der Waals surface area (Å²) in [5, 5.41) is 20.1. The second kappa shape index (κ2) is 12.6. The number of phenolic OH excluding ortho intramolecular Hbond substituents is 1. The predicted octanol–water partition coefficient (Wildman–Crippen LogP) is 6.02. The third-order valence-electron chi connectivity index (χ3n) is 6.60. The quantitative estimate of drug-likeness (QED) is 0.202. The Morgan fingerprint density at radius 3 is 1.32 bits per heavy atom. The molecule has 0 unspecified atom stereocenters. The molecule has 2 aromatic rings. The summed E-state index contributed by atoms with van der Waals surface area (Å²) in [6, 6.07) is 8.78. The zero-order valence-corrected chi connectivity index (χ0v) is 29.8. The average molecular weight is 683 g/mol. The summed E-state index contributed by atoms with van der Waals surface area (Å²) in [5.41, 5.74) is 3.12. The Morgan fingerprint density at radius 2 is 1.00 bits per heavy atom. The summed E-state index contributed by atoms with van der Waals surface area (Å²) in [7, 11) is 0. The molecule has 5 nitrogen and oxygen atoms in total. The Labute approximate surface area is 252 Å². The molecule has 2 rings (SSSR count). The first kappa shape index (κ1) is 34.4. The Kier molecular flexibility index (Phi) is 10.9. The maximum atomic E-state index is 12.8. The van der Waals surface area contributed by atoms with E-state index in [1.54, 1.807) is 0 Å². The summed E-state index contributed by atoms with van der Waals surface area (Å²) < 4.78 is 8.54. The molecule has 0 amide bonds. The van der Waals surface area contributed by atoms with Crippen LogP contribution in [0.25, 0.3) is 0 Å². The summed E-state index contributed by atoms with van der Waals surface area (Å²) in [5.74, 6) is -0.285. The van der Waals surface area contributed by atoms with Gasteiger partial charge in [0.05, 0.1) is 0 Å². The van der Waals surface area contributed by atoms with Gasteiger partial charge in [-0.2, -0.15) is 0 Å². The van der Waals surface area contributed by atoms with Crippen LogP contribution in [0.4, 0.5) is 0 Å². The number of carbonyl (C=O) groups is 2. The first-order chi connectivity index (χ1) is 18.0. The van der Waals surface area contributed by atoms with Gasteiger partial charge in [0.1, 0.15) is 0 Å². The van der Waals surface area contributed by atoms with Gasteiger partial charge in [0, 0.05) is 0 Å². The van der Waals surface area contributed by atoms with Crippen LogP contribution >= 0.6 is 0 Å². The average Bonchev–Trinajstić information content (AvgIpc) is 2.75. The molecule has 0 aliphatic carbocycles. The van der Waals surface area contributed by atoms with Crippen LogP contribution in [0.2, 0.25) is 0 Å². The fourth-order valence-corrected chi connectivity index (χ4v) is 10.3. The van der Waals surface area contributed by atoms with Crippen LogP contribution in [0, 0.1) is 0 Å². The van der Waals surface area contributed by atoms with E-state index in [1.165, 1.54) is 8.92 Å². The number of esters is 1. The molecule has 0 aliphatic heterocycles. The van der Waals surface area contributed by atoms with E-state index in [4.69, 9.17) is 9.84 Å². The van der Waals surface area contributed by atoms with E-state index in [-0.39, 0.29) is 67.2 Å². The fraction of sp³-hybridized carbons (Fsp3) is 0.576. The normalized spacial score (nSPS) is 12.9. The molecule has 0 bridgehead atoms. The van der Waals surface area contributed by atoms with Gasteiger partial charge in [0.15, 0.2) is 0 Å². The first-order valence-corrected chi connectivity index (χ1v) is 19.9. The molecule has 0 aromatic heterocycles. The number of aromatic hydroxyl groups is 1. The Hall–Kier alpha value is -1.78. The van der Waals surface area contributed by atoms with Crippen LogP contribution < -0.4 is 13.7 Å². The Balaban J connectivity index is 2.55. The summed E-state index contributed by atoms with van der Waals surface area (Å²) >= 11 is 0.346. The topological polar surface area (TPSA) is 83.8 Å². The van der Waals surface area contributed by atoms with Crippen molar-refractivity contribution in [3.8, 4) is 11.5 Å². The molecule has 0 saturated heterocycles. The molecule has 0 fully saturated rings. The van der Waals surface area contributed by atoms with Crippen LogP contribution in [-0.4, -0.2) is 48.4 Å². The molecular formula is C33H48O5Se2. The molecule has 2 N–H and O–H groups in total. The number of ether oxygens (including phenoxy) is 1. The van der Waals surface area contributed by atoms with Crippen LogP contribution in [0.1, 0.15) is 125 Å². The summed E-state index contributed by atoms with van der Waals surface area (Å²) in [6.45, 7) is 25.6. The number of carboxylic acids is 1. The van der Waals surface area contributed by atoms with Gasteiger partial charge in [0.25, 0.3) is 0 Å². The van der Waals surface area contributed by atoms with Crippen molar-refractivity contribution in [3.63, 3.8) is 0 Å². The molecular weight excluding hydrogens is 634 g/mol. The van der Waals surface area contributed by atoms with Gasteiger partial charge in [-0.1, -0.05) is 0 Å². The van der Waals surface area contributed by atoms with Crippen molar-refractivity contribution >= 4 is 47.1 Å². The number of hydrogen-bond acceptors (Lipinski definition) is 4. The van der Waals surface area contributed by atoms with Gasteiger partial charge in [-0.15, -0.1) is 0 Å². The summed E-state index contributed by atoms with van der Waals surface area (Å²) in [4.78, 5) is 23.7. The van der Waals surface area contributed by atoms with Crippen LogP contribution in [-0.2, 0) is 31.2 Å². The number of rotatable bonds is 8. The number of carbonyl (C=O) groups excluding carboxylic acids is 1. The SMILES string of the molecule is CC(C)(C)c1cc([Se][Se]c2cc(C(C)(C)C)c(OC(=O)CCCC(=O)O)c(C(C)(C)C)c2)cc(C(C)(C)C)c1O. The molecule has 2 aromatic carbocycles. The third-order valence-corrected chi connectivity index (χ3v) is 13.7. The third kappa shape index (κ3) is 9.38. The number of aliphatic carboxylic acids is 1. The van der Waals surface area contributed by atoms with E-state index >= 15 is 0 Å². The minimum absolute atomic E-state index is 0.0536. The van der Waals surface area contributed by atoms with E-state index < -0.39 is 11.9 Å². The molecule has 0 spiro atoms. The van der Waals surface area contributed by atoms with Crippen molar-refractivity contribution in [2.24, 2.45) is 0 Å². The molecule has 0 radical (unpaired) electrons. The van der Waals surface area contributed by atoms with Crippen LogP contribution in [0.3, 0.4) is 0 Å². The van der Waals surface area contributed by atoms with Crippen LogP contribution in [0.5, 0.6) is 11.5 Å². The summed E-state index contributed by atoms with van der Waals surface area (Å²) in [6.07, 6.45) is 0.274. The number of benzene rings is 2. The Morgan fingerprint density at radius 1 is 0.650 bits per heavy atom. The predicted molar refractivity (Wildman–Crippen MR) is 167 cm³/mol. The zero-order chi connectivity index (χ0) is 30.8. The molecule has 222 valence electrons. The molecule has 0 saturated carbocycles. The standard InChI is InChI=1S/C33H48O5Se2/c1-30(2,3)22-16-20(17-23(28(22)37)31(4,5)6)39-40-21-18-24(32(7,8)9)29(25(19-21)33(10,11)12)38-27(36)15-13-14-26(34)35/h16-19,37H,13-15H2,1-12H3,(H,34,35). The van der Waals surface area contributed by atoms with Gasteiger partial charge < -0.3 is 0 Å². The van der Waals surface area contributed by atoms with E-state index in [0.717, 1.165) is 22.3 Å². The van der Waals surface area contributed by atoms with Crippen molar-refractivity contribution < 1.29 is 24.5 Å². The van der Waals surface area contributed by atoms with Gasteiger partial charge in [-0.05, 0) is 0 Å². The molecule has 0 heterocycles. The second-order valence-electron chi connectivity index (χ2n) is 14.6. The van der Waals surface area contributed by atoms with Gasteiger partial charge in [0.2, 0.25) is 0 Å². The number of carboxylic acid groups (broad SMARTS) is 1. The van der Waals surface area contributed by atoms with E-state index in [2.05, 4.69) is 107 Å². The Bertz CT molecular complexity index is 1170. The van der Waals surface area contributed by atoms with Crippen LogP contribution in [0.15, 0.2) is 24.3 Å². The molecule has 40 heavy (non-hydrogen) atoms. The van der Waals surface area contributed by atoms with E-state index in [9.17, 15) is 14.7 Å². The second-order valence-corrected chi connectivity index (χ2v) is 20.9. The van der Waals surface area contributed by atoms with Gasteiger partial charge >= 0.3 is 254 Å². The maximum absolute atomic E-state index is 12.8. The molecule has 0 atom stereocenters. The van der Waals surface area contributed by atoms with Crippen molar-refractivity contribution in [2.45, 2.75) is 124 Å². The number of phenols is 1. The van der Waals surface area contributed by atoms with Crippen molar-refractivity contribution in [2.75, 3.05) is 0 Å². The monoisotopic (exact) mass is 684 g/mol. The van der Waals surface area contributed by atoms with Gasteiger partial charge in [-0.25, -0.2) is 0 Å². The van der Waals surface area contributed by atoms with E-state index in [0.29, 0.717) is 11.5 Å². The van der Waals surface area contributed by atoms with Gasteiger partial charge in [-0.3, -0.25) is 0 Å². The van der Waals surface area contributed by atoms with Crippen molar-refractivity contribution in [3.05, 3.63) is 46.5 Å². The number of hydrogen-bond donors (Lipinski definition) is 2. The first-order valence-electron chi connectivity index (χ1n) is 13.9. The molecule has 0 aliphatic rings. The minimum atomic E-state index is -0.912.